The molecule has 0 fully saturated rings. The van der Waals surface area contributed by atoms with E-state index in [9.17, 15) is 92.3 Å². The number of hydroxylamine groups is 6. The van der Waals surface area contributed by atoms with E-state index in [0.29, 0.717) is 0 Å². The highest BCUT2D eigenvalue weighted by atomic mass is 16.5. The van der Waals surface area contributed by atoms with Crippen LogP contribution in [-0.2, 0) is 76.7 Å². The third kappa shape index (κ3) is 30.1. The van der Waals surface area contributed by atoms with Gasteiger partial charge in [-0.2, -0.15) is 0 Å². The van der Waals surface area contributed by atoms with Gasteiger partial charge in [0.1, 0.15) is 54.4 Å². The molecule has 0 rings (SSSR count). The van der Waals surface area contributed by atoms with Gasteiger partial charge in [-0.25, -0.2) is 15.2 Å². The van der Waals surface area contributed by atoms with E-state index in [1.54, 1.807) is 0 Å². The maximum atomic E-state index is 12.7. The molecule has 0 aromatic carbocycles. The molecule has 16 N–H and O–H groups in total. The van der Waals surface area contributed by atoms with Gasteiger partial charge in [-0.15, -0.1) is 0 Å². The Hall–Kier alpha value is -8.60. The molecule has 0 saturated carbocycles. The summed E-state index contributed by atoms with van der Waals surface area (Å²) < 4.78 is 0. The summed E-state index contributed by atoms with van der Waals surface area (Å²) in [6.07, 6.45) is -2.38. The lowest BCUT2D eigenvalue weighted by Gasteiger charge is -2.22. The summed E-state index contributed by atoms with van der Waals surface area (Å²) in [5.74, 6) is -12.7. The first-order valence-corrected chi connectivity index (χ1v) is 25.8. The SMILES string of the molecule is CC(=O)N[C@@H](C)C(=O)N[C@@H](C)C(=O)N(O)CCC(=O)N[C@@H](C)C(=O)NCCC(=O)N[C@@H](C)C(=O)N[C@@H](C)C(=O)N(O)CCC(=O)N[C@@H](C)C(=O)NCCC(=O)N[C@@H](C)C(=O)N[C@@H](C)C(=O)N(O)CCC(=O)N[C@@H](C)C(=O)NCCC(=O)O. The average Bonchev–Trinajstić information content (AvgIpc) is 3.39. The van der Waals surface area contributed by atoms with Crippen molar-refractivity contribution in [3.8, 4) is 0 Å². The van der Waals surface area contributed by atoms with E-state index in [2.05, 4.69) is 63.8 Å². The van der Waals surface area contributed by atoms with Gasteiger partial charge in [-0.1, -0.05) is 0 Å². The Morgan fingerprint density at radius 3 is 0.768 bits per heavy atom. The molecule has 0 aromatic heterocycles. The first-order chi connectivity index (χ1) is 38.1. The minimum atomic E-state index is -1.36. The zero-order chi connectivity index (χ0) is 63.1. The van der Waals surface area contributed by atoms with Crippen molar-refractivity contribution in [2.45, 2.75) is 162 Å². The van der Waals surface area contributed by atoms with E-state index >= 15 is 0 Å². The van der Waals surface area contributed by atoms with Crippen LogP contribution in [0, 0.1) is 0 Å². The van der Waals surface area contributed by atoms with Gasteiger partial charge in [0.05, 0.1) is 26.1 Å². The fourth-order valence-corrected chi connectivity index (χ4v) is 6.44. The third-order valence-electron chi connectivity index (χ3n) is 11.2. The molecule has 35 nitrogen and oxygen atoms in total. The van der Waals surface area contributed by atoms with Crippen LogP contribution in [0.2, 0.25) is 0 Å². The van der Waals surface area contributed by atoms with Gasteiger partial charge in [0.2, 0.25) is 70.9 Å². The van der Waals surface area contributed by atoms with Crippen molar-refractivity contribution >= 4 is 94.6 Å². The van der Waals surface area contributed by atoms with Crippen LogP contribution in [-0.4, -0.2) is 224 Å². The smallest absolute Gasteiger partial charge is 0.305 e. The number of nitrogens with one attached hydrogen (secondary N) is 12. The molecule has 0 heterocycles. The summed E-state index contributed by atoms with van der Waals surface area (Å²) in [6.45, 7) is 10.6. The van der Waals surface area contributed by atoms with Crippen molar-refractivity contribution in [1.82, 2.24) is 79.0 Å². The molecule has 35 heteroatoms. The van der Waals surface area contributed by atoms with Crippen LogP contribution in [0.5, 0.6) is 0 Å². The summed E-state index contributed by atoms with van der Waals surface area (Å²) in [5.41, 5.74) is 0. The number of carboxylic acid groups (broad SMARTS) is 1. The van der Waals surface area contributed by atoms with Crippen LogP contribution < -0.4 is 63.8 Å². The fourth-order valence-electron chi connectivity index (χ4n) is 6.44. The minimum Gasteiger partial charge on any atom is -0.481 e. The average molecular weight is 1170 g/mol. The van der Waals surface area contributed by atoms with Gasteiger partial charge < -0.3 is 68.9 Å². The highest BCUT2D eigenvalue weighted by Gasteiger charge is 2.29. The number of rotatable bonds is 36. The van der Waals surface area contributed by atoms with E-state index in [1.807, 2.05) is 0 Å². The summed E-state index contributed by atoms with van der Waals surface area (Å²) in [5, 5.41) is 67.8. The van der Waals surface area contributed by atoms with Crippen molar-refractivity contribution in [3.63, 3.8) is 0 Å². The second-order valence-electron chi connectivity index (χ2n) is 18.7. The van der Waals surface area contributed by atoms with Gasteiger partial charge in [-0.3, -0.25) is 92.3 Å². The molecule has 0 radical (unpaired) electrons. The predicted octanol–water partition coefficient (Wildman–Crippen LogP) is -7.02. The maximum absolute atomic E-state index is 12.7. The van der Waals surface area contributed by atoms with Crippen LogP contribution in [0.25, 0.3) is 0 Å². The van der Waals surface area contributed by atoms with Crippen LogP contribution in [0.4, 0.5) is 0 Å². The molecule has 0 bridgehead atoms. The van der Waals surface area contributed by atoms with E-state index < -0.39 is 188 Å². The molecule has 0 unspecified atom stereocenters. The molecular formula is C47H79N15O20. The Balaban J connectivity index is 4.62. The monoisotopic (exact) mass is 1170 g/mol. The van der Waals surface area contributed by atoms with Gasteiger partial charge in [0.25, 0.3) is 17.7 Å². The summed E-state index contributed by atoms with van der Waals surface area (Å²) in [6, 6.07) is -10.6. The zero-order valence-corrected chi connectivity index (χ0v) is 47.3. The normalized spacial score (nSPS) is 13.9. The second kappa shape index (κ2) is 37.4. The van der Waals surface area contributed by atoms with Crippen molar-refractivity contribution < 1.29 is 97.4 Å². The molecule has 462 valence electrons. The number of aliphatic carboxylic acids is 1. The van der Waals surface area contributed by atoms with E-state index in [-0.39, 0.29) is 54.1 Å². The Labute approximate surface area is 471 Å². The predicted molar refractivity (Wildman–Crippen MR) is 279 cm³/mol. The summed E-state index contributed by atoms with van der Waals surface area (Å²) in [4.78, 5) is 196. The number of amides is 15. The Morgan fingerprint density at radius 1 is 0.305 bits per heavy atom. The van der Waals surface area contributed by atoms with Crippen molar-refractivity contribution in [2.24, 2.45) is 0 Å². The van der Waals surface area contributed by atoms with E-state index in [0.717, 1.165) is 0 Å². The Kier molecular flexibility index (Phi) is 33.4. The molecule has 0 aliphatic heterocycles. The zero-order valence-electron chi connectivity index (χ0n) is 47.3. The highest BCUT2D eigenvalue weighted by Crippen LogP contribution is 2.01. The fraction of sp³-hybridized carbons (Fsp3) is 0.660. The topological polar surface area (TPSA) is 508 Å². The van der Waals surface area contributed by atoms with Crippen molar-refractivity contribution in [3.05, 3.63) is 0 Å². The van der Waals surface area contributed by atoms with Gasteiger partial charge >= 0.3 is 5.97 Å². The van der Waals surface area contributed by atoms with Crippen molar-refractivity contribution in [1.29, 1.82) is 0 Å². The highest BCUT2D eigenvalue weighted by molar-refractivity contribution is 5.95. The number of hydrogen-bond acceptors (Lipinski definition) is 19. The van der Waals surface area contributed by atoms with E-state index in [1.165, 1.54) is 69.2 Å². The van der Waals surface area contributed by atoms with Crippen LogP contribution >= 0.6 is 0 Å². The Bertz CT molecular complexity index is 2320. The Morgan fingerprint density at radius 2 is 0.524 bits per heavy atom. The van der Waals surface area contributed by atoms with Gasteiger partial charge in [0.15, 0.2) is 0 Å². The molecule has 9 atom stereocenters. The summed E-state index contributed by atoms with van der Waals surface area (Å²) >= 11 is 0. The maximum Gasteiger partial charge on any atom is 0.305 e. The number of carbonyl (C=O) groups is 16. The number of nitrogens with zero attached hydrogens (tertiary/aromatic N) is 3. The first-order valence-electron chi connectivity index (χ1n) is 25.8. The van der Waals surface area contributed by atoms with Crippen LogP contribution in [0.1, 0.15) is 108 Å². The third-order valence-corrected chi connectivity index (χ3v) is 11.2. The number of hydrogen-bond donors (Lipinski definition) is 16. The standard InChI is InChI=1S/C47H79N15O20/c1-23(52-35(66)14-20-60(80)45(77)29(7)57-42(74)26(4)51-32(10)63)39(71)48-17-11-33(64)55-27(5)43(75)58-30(8)46(78)61(81)21-15-36(67)53-24(2)40(72)49-18-12-34(65)56-28(6)44(76)59-31(9)47(79)62(82)22-16-37(68)54-25(3)41(73)50-19-13-38(69)70/h23-31,80-82H,11-22H2,1-10H3,(H,48,71)(H,49,72)(H,50,73)(H,51,63)(H,52,66)(H,53,67)(H,54,68)(H,55,64)(H,56,65)(H,57,74)(H,58,75)(H,59,76)(H,69,70)/t23-,24-,25-,26-,27-,28-,29-,30-,31-/m0/s1. The van der Waals surface area contributed by atoms with Crippen LogP contribution in [0.15, 0.2) is 0 Å². The molecule has 0 saturated heterocycles. The number of carboxylic acids is 1. The molecule has 0 aliphatic rings. The largest absolute Gasteiger partial charge is 0.481 e. The molecular weight excluding hydrogens is 1090 g/mol. The van der Waals surface area contributed by atoms with E-state index in [4.69, 9.17) is 5.11 Å². The molecule has 0 aromatic rings. The van der Waals surface area contributed by atoms with Crippen molar-refractivity contribution in [2.75, 3.05) is 39.3 Å². The quantitative estimate of drug-likeness (QED) is 0.0205. The van der Waals surface area contributed by atoms with Gasteiger partial charge in [0, 0.05) is 58.7 Å². The first kappa shape index (κ1) is 73.4. The minimum absolute atomic E-state index is 0.157. The second-order valence-corrected chi connectivity index (χ2v) is 18.7. The summed E-state index contributed by atoms with van der Waals surface area (Å²) in [7, 11) is 0. The molecule has 0 aliphatic carbocycles. The lowest BCUT2D eigenvalue weighted by atomic mass is 10.2. The molecule has 82 heavy (non-hydrogen) atoms. The lowest BCUT2D eigenvalue weighted by Crippen LogP contribution is -2.53. The van der Waals surface area contributed by atoms with Gasteiger partial charge in [-0.05, 0) is 62.3 Å². The lowest BCUT2D eigenvalue weighted by molar-refractivity contribution is -0.169. The molecule has 0 spiro atoms. The van der Waals surface area contributed by atoms with Crippen LogP contribution in [0.3, 0.4) is 0 Å². The molecule has 15 amide bonds. The number of carbonyl (C=O) groups excluding carboxylic acids is 15.